The monoisotopic (exact) mass is 420 g/mol. The molecule has 2 N–H and O–H groups in total. The summed E-state index contributed by atoms with van der Waals surface area (Å²) in [7, 11) is 2.99. The Morgan fingerprint density at radius 2 is 1.66 bits per heavy atom. The van der Waals surface area contributed by atoms with Crippen molar-refractivity contribution in [3.8, 4) is 11.5 Å². The first-order valence-electron chi connectivity index (χ1n) is 8.64. The Hall–Kier alpha value is -3.26. The first-order chi connectivity index (χ1) is 13.9. The van der Waals surface area contributed by atoms with Crippen LogP contribution >= 0.6 is 11.6 Å². The lowest BCUT2D eigenvalue weighted by Crippen LogP contribution is -2.27. The van der Waals surface area contributed by atoms with Gasteiger partial charge >= 0.3 is 5.97 Å². The number of carbonyl (C=O) groups is 3. The molecule has 0 aromatic heterocycles. The molecule has 8 nitrogen and oxygen atoms in total. The molecule has 2 amide bonds. The number of anilines is 1. The normalized spacial score (nSPS) is 10.0. The zero-order chi connectivity index (χ0) is 21.2. The van der Waals surface area contributed by atoms with Crippen LogP contribution in [0.25, 0.3) is 0 Å². The molecule has 0 saturated carbocycles. The van der Waals surface area contributed by atoms with Gasteiger partial charge in [-0.2, -0.15) is 0 Å². The summed E-state index contributed by atoms with van der Waals surface area (Å²) in [6, 6.07) is 11.2. The molecular formula is C20H21ClN2O6. The van der Waals surface area contributed by atoms with E-state index in [0.717, 1.165) is 0 Å². The van der Waals surface area contributed by atoms with Gasteiger partial charge < -0.3 is 24.8 Å². The van der Waals surface area contributed by atoms with Crippen LogP contribution < -0.4 is 20.1 Å². The van der Waals surface area contributed by atoms with E-state index in [9.17, 15) is 14.4 Å². The van der Waals surface area contributed by atoms with Crippen molar-refractivity contribution < 1.29 is 28.6 Å². The van der Waals surface area contributed by atoms with Crippen molar-refractivity contribution in [1.29, 1.82) is 0 Å². The summed E-state index contributed by atoms with van der Waals surface area (Å²) in [5.41, 5.74) is 0.899. The van der Waals surface area contributed by atoms with Gasteiger partial charge in [0.1, 0.15) is 0 Å². The Morgan fingerprint density at radius 1 is 0.966 bits per heavy atom. The Balaban J connectivity index is 1.71. The van der Waals surface area contributed by atoms with Crippen molar-refractivity contribution in [2.24, 2.45) is 0 Å². The molecule has 0 unspecified atom stereocenters. The highest BCUT2D eigenvalue weighted by Gasteiger charge is 2.11. The second-order valence-corrected chi connectivity index (χ2v) is 6.23. The number of benzene rings is 2. The second kappa shape index (κ2) is 10.9. The molecule has 0 atom stereocenters. The molecule has 0 heterocycles. The summed E-state index contributed by atoms with van der Waals surface area (Å²) >= 11 is 5.76. The molecule has 0 bridgehead atoms. The third-order valence-electron chi connectivity index (χ3n) is 3.75. The van der Waals surface area contributed by atoms with Gasteiger partial charge in [-0.25, -0.2) is 0 Å². The maximum Gasteiger partial charge on any atom is 0.308 e. The largest absolute Gasteiger partial charge is 0.493 e. The SMILES string of the molecule is COc1ccc(NC(=O)COC(=O)CCNC(=O)c2ccc(Cl)cc2)cc1OC. The summed E-state index contributed by atoms with van der Waals surface area (Å²) in [5.74, 6) is -0.461. The van der Waals surface area contributed by atoms with Crippen LogP contribution in [0.5, 0.6) is 11.5 Å². The fourth-order valence-electron chi connectivity index (χ4n) is 2.31. The summed E-state index contributed by atoms with van der Waals surface area (Å²) in [5, 5.41) is 5.71. The Bertz CT molecular complexity index is 870. The van der Waals surface area contributed by atoms with E-state index in [1.807, 2.05) is 0 Å². The van der Waals surface area contributed by atoms with Crippen LogP contribution in [0.4, 0.5) is 5.69 Å². The molecule has 0 spiro atoms. The molecule has 29 heavy (non-hydrogen) atoms. The lowest BCUT2D eigenvalue weighted by atomic mass is 10.2. The topological polar surface area (TPSA) is 103 Å². The van der Waals surface area contributed by atoms with Crippen molar-refractivity contribution in [2.45, 2.75) is 6.42 Å². The van der Waals surface area contributed by atoms with Crippen molar-refractivity contribution in [2.75, 3.05) is 32.7 Å². The quantitative estimate of drug-likeness (QED) is 0.604. The number of hydrogen-bond acceptors (Lipinski definition) is 6. The van der Waals surface area contributed by atoms with Gasteiger partial charge in [0.25, 0.3) is 11.8 Å². The number of hydrogen-bond donors (Lipinski definition) is 2. The van der Waals surface area contributed by atoms with Crippen LogP contribution in [0.3, 0.4) is 0 Å². The maximum absolute atomic E-state index is 11.9. The molecule has 0 radical (unpaired) electrons. The number of rotatable bonds is 9. The molecule has 2 aromatic rings. The maximum atomic E-state index is 11.9. The van der Waals surface area contributed by atoms with E-state index in [-0.39, 0.29) is 18.9 Å². The minimum absolute atomic E-state index is 0.0665. The third-order valence-corrected chi connectivity index (χ3v) is 4.00. The fourth-order valence-corrected chi connectivity index (χ4v) is 2.44. The van der Waals surface area contributed by atoms with Gasteiger partial charge in [0.05, 0.1) is 20.6 Å². The first kappa shape index (κ1) is 22.0. The predicted octanol–water partition coefficient (Wildman–Crippen LogP) is 2.66. The Morgan fingerprint density at radius 3 is 2.31 bits per heavy atom. The minimum atomic E-state index is -0.608. The summed E-state index contributed by atoms with van der Waals surface area (Å²) in [6.45, 7) is -0.365. The van der Waals surface area contributed by atoms with Gasteiger partial charge in [-0.1, -0.05) is 11.6 Å². The Labute approximate surface area is 173 Å². The van der Waals surface area contributed by atoms with Crippen molar-refractivity contribution in [3.63, 3.8) is 0 Å². The van der Waals surface area contributed by atoms with Crippen LogP contribution in [0, 0.1) is 0 Å². The number of nitrogens with one attached hydrogen (secondary N) is 2. The molecule has 154 valence electrons. The third kappa shape index (κ3) is 7.00. The highest BCUT2D eigenvalue weighted by molar-refractivity contribution is 6.30. The molecular weight excluding hydrogens is 400 g/mol. The van der Waals surface area contributed by atoms with E-state index in [0.29, 0.717) is 27.8 Å². The highest BCUT2D eigenvalue weighted by Crippen LogP contribution is 2.29. The molecule has 0 saturated heterocycles. The molecule has 9 heteroatoms. The predicted molar refractivity (Wildman–Crippen MR) is 108 cm³/mol. The van der Waals surface area contributed by atoms with Crippen LogP contribution in [0.15, 0.2) is 42.5 Å². The summed E-state index contributed by atoms with van der Waals surface area (Å²) in [4.78, 5) is 35.6. The lowest BCUT2D eigenvalue weighted by molar-refractivity contribution is -0.147. The molecule has 0 aliphatic rings. The van der Waals surface area contributed by atoms with Gasteiger partial charge in [0, 0.05) is 28.9 Å². The van der Waals surface area contributed by atoms with Crippen LogP contribution in [-0.4, -0.2) is 45.2 Å². The van der Waals surface area contributed by atoms with Crippen LogP contribution in [0.2, 0.25) is 5.02 Å². The average molecular weight is 421 g/mol. The fraction of sp³-hybridized carbons (Fsp3) is 0.250. The first-order valence-corrected chi connectivity index (χ1v) is 9.02. The van der Waals surface area contributed by atoms with E-state index in [1.54, 1.807) is 42.5 Å². The van der Waals surface area contributed by atoms with E-state index >= 15 is 0 Å². The summed E-state index contributed by atoms with van der Waals surface area (Å²) in [6.07, 6.45) is -0.0665. The van der Waals surface area contributed by atoms with Gasteiger partial charge in [0.2, 0.25) is 0 Å². The number of esters is 1. The smallest absolute Gasteiger partial charge is 0.308 e. The number of carbonyl (C=O) groups excluding carboxylic acids is 3. The second-order valence-electron chi connectivity index (χ2n) is 5.79. The number of halogens is 1. The zero-order valence-corrected chi connectivity index (χ0v) is 16.7. The minimum Gasteiger partial charge on any atom is -0.493 e. The molecule has 0 fully saturated rings. The van der Waals surface area contributed by atoms with Crippen molar-refractivity contribution >= 4 is 35.1 Å². The van der Waals surface area contributed by atoms with E-state index < -0.39 is 18.5 Å². The van der Waals surface area contributed by atoms with E-state index in [2.05, 4.69) is 10.6 Å². The molecule has 0 aliphatic heterocycles. The van der Waals surface area contributed by atoms with Crippen molar-refractivity contribution in [1.82, 2.24) is 5.32 Å². The standard InChI is InChI=1S/C20H21ClN2O6/c1-27-16-8-7-15(11-17(16)28-2)23-18(24)12-29-19(25)9-10-22-20(26)13-3-5-14(21)6-4-13/h3-8,11H,9-10,12H2,1-2H3,(H,22,26)(H,23,24). The molecule has 2 aromatic carbocycles. The van der Waals surface area contributed by atoms with E-state index in [4.69, 9.17) is 25.8 Å². The zero-order valence-electron chi connectivity index (χ0n) is 16.0. The Kier molecular flexibility index (Phi) is 8.29. The number of ether oxygens (including phenoxy) is 3. The van der Waals surface area contributed by atoms with Gasteiger partial charge in [-0.05, 0) is 36.4 Å². The molecule has 0 aliphatic carbocycles. The highest BCUT2D eigenvalue weighted by atomic mass is 35.5. The summed E-state index contributed by atoms with van der Waals surface area (Å²) < 4.78 is 15.2. The number of methoxy groups -OCH3 is 2. The average Bonchev–Trinajstić information content (AvgIpc) is 2.72. The van der Waals surface area contributed by atoms with E-state index in [1.165, 1.54) is 14.2 Å². The van der Waals surface area contributed by atoms with Crippen LogP contribution in [0.1, 0.15) is 16.8 Å². The van der Waals surface area contributed by atoms with Crippen molar-refractivity contribution in [3.05, 3.63) is 53.1 Å². The van der Waals surface area contributed by atoms with Gasteiger partial charge in [-0.15, -0.1) is 0 Å². The number of amides is 2. The van der Waals surface area contributed by atoms with Gasteiger partial charge in [-0.3, -0.25) is 14.4 Å². The van der Waals surface area contributed by atoms with Crippen LogP contribution in [-0.2, 0) is 14.3 Å². The van der Waals surface area contributed by atoms with Gasteiger partial charge in [0.15, 0.2) is 18.1 Å². The molecule has 2 rings (SSSR count). The lowest BCUT2D eigenvalue weighted by Gasteiger charge is -2.11.